The maximum absolute atomic E-state index is 12.9. The molecule has 2 aliphatic rings. The van der Waals surface area contributed by atoms with Gasteiger partial charge >= 0.3 is 12.1 Å². The molecule has 1 saturated heterocycles. The predicted octanol–water partition coefficient (Wildman–Crippen LogP) is 3.63. The summed E-state index contributed by atoms with van der Waals surface area (Å²) in [5.41, 5.74) is 4.55. The molecule has 32 heavy (non-hydrogen) atoms. The molecule has 7 nitrogen and oxygen atoms in total. The predicted molar refractivity (Wildman–Crippen MR) is 119 cm³/mol. The maximum atomic E-state index is 12.9. The first-order chi connectivity index (χ1) is 15.4. The molecule has 4 rings (SSSR count). The molecule has 1 aliphatic heterocycles. The number of amides is 2. The summed E-state index contributed by atoms with van der Waals surface area (Å²) in [5.74, 6) is -1.85. The number of ether oxygens (including phenoxy) is 1. The van der Waals surface area contributed by atoms with Crippen LogP contribution in [0.1, 0.15) is 43.7 Å². The number of likely N-dealkylation sites (tertiary alicyclic amines) is 1. The van der Waals surface area contributed by atoms with E-state index in [0.29, 0.717) is 19.4 Å². The number of carbonyl (C=O) groups excluding carboxylic acids is 2. The highest BCUT2D eigenvalue weighted by molar-refractivity contribution is 5.89. The van der Waals surface area contributed by atoms with Crippen molar-refractivity contribution in [2.45, 2.75) is 44.7 Å². The summed E-state index contributed by atoms with van der Waals surface area (Å²) in [6.07, 6.45) is 0.614. The summed E-state index contributed by atoms with van der Waals surface area (Å²) in [7, 11) is 0. The van der Waals surface area contributed by atoms with E-state index < -0.39 is 30.1 Å². The third-order valence-electron chi connectivity index (χ3n) is 6.36. The third kappa shape index (κ3) is 4.07. The van der Waals surface area contributed by atoms with Crippen molar-refractivity contribution in [3.8, 4) is 11.1 Å². The quantitative estimate of drug-likeness (QED) is 0.721. The summed E-state index contributed by atoms with van der Waals surface area (Å²) in [4.78, 5) is 38.5. The number of hydrogen-bond donors (Lipinski definition) is 2. The Balaban J connectivity index is 1.44. The summed E-state index contributed by atoms with van der Waals surface area (Å²) >= 11 is 0. The van der Waals surface area contributed by atoms with Crippen LogP contribution in [0.4, 0.5) is 4.79 Å². The highest BCUT2D eigenvalue weighted by Crippen LogP contribution is 2.44. The molecule has 2 atom stereocenters. The maximum Gasteiger partial charge on any atom is 0.410 e. The standard InChI is InChI=1S/C25H28N2O5/c1-15(2)22(24(29)30)26-23(28)21-12-7-13-27(21)25(31)32-14-20-18-10-5-3-8-16(18)17-9-4-6-11-19(17)20/h3-6,8-11,15,20-22H,7,12-14H2,1-2H3,(H,26,28)(H,29,30)/t21-,22?/m0/s1. The topological polar surface area (TPSA) is 95.9 Å². The van der Waals surface area contributed by atoms with Gasteiger partial charge in [0, 0.05) is 12.5 Å². The van der Waals surface area contributed by atoms with Crippen LogP contribution in [0.2, 0.25) is 0 Å². The average Bonchev–Trinajstić information content (AvgIpc) is 3.39. The highest BCUT2D eigenvalue weighted by atomic mass is 16.6. The number of carboxylic acid groups (broad SMARTS) is 1. The van der Waals surface area contributed by atoms with Crippen LogP contribution < -0.4 is 5.32 Å². The van der Waals surface area contributed by atoms with E-state index in [1.807, 2.05) is 24.3 Å². The van der Waals surface area contributed by atoms with Gasteiger partial charge in [-0.1, -0.05) is 62.4 Å². The fourth-order valence-corrected chi connectivity index (χ4v) is 4.70. The van der Waals surface area contributed by atoms with Crippen molar-refractivity contribution in [1.82, 2.24) is 10.2 Å². The second-order valence-corrected chi connectivity index (χ2v) is 8.72. The SMILES string of the molecule is CC(C)C(NC(=O)[C@@H]1CCCN1C(=O)OCC1c2ccccc2-c2ccccc21)C(=O)O. The lowest BCUT2D eigenvalue weighted by atomic mass is 9.98. The van der Waals surface area contributed by atoms with Gasteiger partial charge in [-0.15, -0.1) is 0 Å². The Morgan fingerprint density at radius 3 is 2.22 bits per heavy atom. The number of carbonyl (C=O) groups is 3. The fraction of sp³-hybridized carbons (Fsp3) is 0.400. The highest BCUT2D eigenvalue weighted by Gasteiger charge is 2.38. The number of nitrogens with zero attached hydrogens (tertiary/aromatic N) is 1. The molecule has 1 unspecified atom stereocenters. The second kappa shape index (κ2) is 9.02. The van der Waals surface area contributed by atoms with Crippen molar-refractivity contribution in [3.63, 3.8) is 0 Å². The van der Waals surface area contributed by atoms with Gasteiger partial charge in [0.2, 0.25) is 5.91 Å². The van der Waals surface area contributed by atoms with Gasteiger partial charge in [-0.25, -0.2) is 9.59 Å². The van der Waals surface area contributed by atoms with E-state index in [-0.39, 0.29) is 18.4 Å². The molecule has 168 valence electrons. The molecule has 0 radical (unpaired) electrons. The summed E-state index contributed by atoms with van der Waals surface area (Å²) in [6.45, 7) is 4.06. The first-order valence-corrected chi connectivity index (χ1v) is 11.0. The molecule has 7 heteroatoms. The monoisotopic (exact) mass is 436 g/mol. The average molecular weight is 437 g/mol. The minimum Gasteiger partial charge on any atom is -0.480 e. The van der Waals surface area contributed by atoms with Crippen LogP contribution in [-0.4, -0.2) is 53.2 Å². The smallest absolute Gasteiger partial charge is 0.410 e. The molecule has 0 bridgehead atoms. The van der Waals surface area contributed by atoms with E-state index in [4.69, 9.17) is 4.74 Å². The molecule has 1 aliphatic carbocycles. The Labute approximate surface area is 187 Å². The van der Waals surface area contributed by atoms with E-state index in [0.717, 1.165) is 22.3 Å². The number of carboxylic acids is 1. The van der Waals surface area contributed by atoms with Gasteiger partial charge in [0.25, 0.3) is 0 Å². The first kappa shape index (κ1) is 21.9. The third-order valence-corrected chi connectivity index (χ3v) is 6.36. The number of fused-ring (bicyclic) bond motifs is 3. The molecule has 0 aromatic heterocycles. The van der Waals surface area contributed by atoms with E-state index in [1.165, 1.54) is 4.90 Å². The Bertz CT molecular complexity index is 989. The number of rotatable bonds is 6. The Morgan fingerprint density at radius 1 is 1.06 bits per heavy atom. The molecular weight excluding hydrogens is 408 g/mol. The number of benzene rings is 2. The van der Waals surface area contributed by atoms with Crippen molar-refractivity contribution in [2.24, 2.45) is 5.92 Å². The molecule has 2 N–H and O–H groups in total. The molecule has 2 aromatic rings. The zero-order chi connectivity index (χ0) is 22.8. The lowest BCUT2D eigenvalue weighted by molar-refractivity contribution is -0.143. The van der Waals surface area contributed by atoms with E-state index >= 15 is 0 Å². The van der Waals surface area contributed by atoms with E-state index in [2.05, 4.69) is 29.6 Å². The van der Waals surface area contributed by atoms with Crippen LogP contribution in [0.15, 0.2) is 48.5 Å². The van der Waals surface area contributed by atoms with Gasteiger partial charge < -0.3 is 15.2 Å². The van der Waals surface area contributed by atoms with Crippen molar-refractivity contribution in [1.29, 1.82) is 0 Å². The number of nitrogens with one attached hydrogen (secondary N) is 1. The summed E-state index contributed by atoms with van der Waals surface area (Å²) in [6, 6.07) is 14.5. The first-order valence-electron chi connectivity index (χ1n) is 11.0. The van der Waals surface area contributed by atoms with Gasteiger partial charge in [0.1, 0.15) is 18.7 Å². The second-order valence-electron chi connectivity index (χ2n) is 8.72. The van der Waals surface area contributed by atoms with Crippen molar-refractivity contribution >= 4 is 18.0 Å². The van der Waals surface area contributed by atoms with Crippen molar-refractivity contribution in [2.75, 3.05) is 13.2 Å². The molecule has 0 saturated carbocycles. The Hall–Kier alpha value is -3.35. The van der Waals surface area contributed by atoms with E-state index in [1.54, 1.807) is 13.8 Å². The summed E-state index contributed by atoms with van der Waals surface area (Å²) < 4.78 is 5.69. The minimum absolute atomic E-state index is 0.0569. The van der Waals surface area contributed by atoms with Crippen molar-refractivity contribution in [3.05, 3.63) is 59.7 Å². The van der Waals surface area contributed by atoms with Crippen LogP contribution in [-0.2, 0) is 14.3 Å². The molecule has 2 amide bonds. The zero-order valence-corrected chi connectivity index (χ0v) is 18.3. The van der Waals surface area contributed by atoms with Crippen LogP contribution in [0.3, 0.4) is 0 Å². The van der Waals surface area contributed by atoms with Gasteiger partial charge in [-0.3, -0.25) is 9.69 Å². The van der Waals surface area contributed by atoms with Gasteiger partial charge in [0.05, 0.1) is 0 Å². The normalized spacial score (nSPS) is 18.2. The van der Waals surface area contributed by atoms with Crippen molar-refractivity contribution < 1.29 is 24.2 Å². The van der Waals surface area contributed by atoms with Crippen LogP contribution in [0.25, 0.3) is 11.1 Å². The van der Waals surface area contributed by atoms with Gasteiger partial charge in [0.15, 0.2) is 0 Å². The Kier molecular flexibility index (Phi) is 6.17. The van der Waals surface area contributed by atoms with Crippen LogP contribution in [0.5, 0.6) is 0 Å². The van der Waals surface area contributed by atoms with Gasteiger partial charge in [-0.2, -0.15) is 0 Å². The molecule has 1 fully saturated rings. The van der Waals surface area contributed by atoms with Crippen LogP contribution in [0, 0.1) is 5.92 Å². The fourth-order valence-electron chi connectivity index (χ4n) is 4.70. The molecular formula is C25H28N2O5. The van der Waals surface area contributed by atoms with E-state index in [9.17, 15) is 19.5 Å². The zero-order valence-electron chi connectivity index (χ0n) is 18.3. The number of hydrogen-bond acceptors (Lipinski definition) is 4. The Morgan fingerprint density at radius 2 is 1.66 bits per heavy atom. The van der Waals surface area contributed by atoms with Crippen LogP contribution >= 0.6 is 0 Å². The summed E-state index contributed by atoms with van der Waals surface area (Å²) in [5, 5.41) is 11.9. The lowest BCUT2D eigenvalue weighted by Crippen LogP contribution is -2.52. The minimum atomic E-state index is -1.08. The lowest BCUT2D eigenvalue weighted by Gasteiger charge is -2.26. The largest absolute Gasteiger partial charge is 0.480 e. The molecule has 1 heterocycles. The number of aliphatic carboxylic acids is 1. The molecule has 0 spiro atoms. The van der Waals surface area contributed by atoms with Gasteiger partial charge in [-0.05, 0) is 41.0 Å². The molecule has 2 aromatic carbocycles.